The normalized spacial score (nSPS) is 10.3. The minimum Gasteiger partial charge on any atom is -0.378 e. The molecule has 1 heterocycles. The van der Waals surface area contributed by atoms with Crippen molar-refractivity contribution in [1.82, 2.24) is 9.97 Å². The quantitative estimate of drug-likeness (QED) is 0.648. The van der Waals surface area contributed by atoms with E-state index < -0.39 is 0 Å². The maximum atomic E-state index is 5.44. The molecule has 0 bridgehead atoms. The summed E-state index contributed by atoms with van der Waals surface area (Å²) in [6.07, 6.45) is 0.847. The molecular formula is C14H19N5. The average molecular weight is 257 g/mol. The number of rotatable bonds is 4. The molecule has 0 unspecified atom stereocenters. The molecule has 0 fully saturated rings. The summed E-state index contributed by atoms with van der Waals surface area (Å²) in [5.74, 6) is 6.77. The van der Waals surface area contributed by atoms with Crippen molar-refractivity contribution < 1.29 is 0 Å². The number of hydrazine groups is 1. The monoisotopic (exact) mass is 257 g/mol. The molecular weight excluding hydrogens is 238 g/mol. The van der Waals surface area contributed by atoms with Gasteiger partial charge in [-0.3, -0.25) is 0 Å². The molecule has 19 heavy (non-hydrogen) atoms. The Morgan fingerprint density at radius 1 is 1.16 bits per heavy atom. The van der Waals surface area contributed by atoms with E-state index in [2.05, 4.69) is 27.2 Å². The number of aromatic nitrogens is 2. The number of nitrogens with two attached hydrogens (primary N) is 1. The zero-order valence-electron chi connectivity index (χ0n) is 11.5. The van der Waals surface area contributed by atoms with E-state index in [1.807, 2.05) is 44.4 Å². The highest BCUT2D eigenvalue weighted by molar-refractivity contribution is 5.61. The molecule has 0 saturated heterocycles. The Balaban J connectivity index is 2.40. The van der Waals surface area contributed by atoms with E-state index in [0.717, 1.165) is 23.4 Å². The van der Waals surface area contributed by atoms with E-state index in [0.29, 0.717) is 11.6 Å². The standard InChI is InChI=1S/C14H19N5/c1-4-11-9-13(18-15)17-14(16-11)10-5-7-12(8-6-10)19(2)3/h5-9H,4,15H2,1-3H3,(H,16,17,18). The van der Waals surface area contributed by atoms with E-state index in [1.54, 1.807) is 0 Å². The lowest BCUT2D eigenvalue weighted by molar-refractivity contribution is 1.00. The van der Waals surface area contributed by atoms with Gasteiger partial charge in [0.25, 0.3) is 0 Å². The Bertz CT molecular complexity index is 526. The predicted molar refractivity (Wildman–Crippen MR) is 79.0 cm³/mol. The van der Waals surface area contributed by atoms with Crippen LogP contribution in [0, 0.1) is 0 Å². The third kappa shape index (κ3) is 3.00. The first-order valence-electron chi connectivity index (χ1n) is 6.26. The molecule has 5 heteroatoms. The SMILES string of the molecule is CCc1cc(NN)nc(-c2ccc(N(C)C)cc2)n1. The lowest BCUT2D eigenvalue weighted by Gasteiger charge is -2.12. The van der Waals surface area contributed by atoms with Crippen LogP contribution in [-0.4, -0.2) is 24.1 Å². The van der Waals surface area contributed by atoms with Gasteiger partial charge in [0.05, 0.1) is 0 Å². The fourth-order valence-electron chi connectivity index (χ4n) is 1.79. The second-order valence-electron chi connectivity index (χ2n) is 4.51. The van der Waals surface area contributed by atoms with Gasteiger partial charge in [-0.15, -0.1) is 0 Å². The predicted octanol–water partition coefficient (Wildman–Crippen LogP) is 2.06. The van der Waals surface area contributed by atoms with Crippen LogP contribution < -0.4 is 16.2 Å². The van der Waals surface area contributed by atoms with Gasteiger partial charge in [-0.2, -0.15) is 0 Å². The van der Waals surface area contributed by atoms with Crippen LogP contribution in [0.3, 0.4) is 0 Å². The largest absolute Gasteiger partial charge is 0.378 e. The Labute approximate surface area is 113 Å². The summed E-state index contributed by atoms with van der Waals surface area (Å²) < 4.78 is 0. The molecule has 5 nitrogen and oxygen atoms in total. The summed E-state index contributed by atoms with van der Waals surface area (Å²) in [5.41, 5.74) is 5.68. The van der Waals surface area contributed by atoms with Crippen LogP contribution in [0.15, 0.2) is 30.3 Å². The van der Waals surface area contributed by atoms with Crippen LogP contribution in [-0.2, 0) is 6.42 Å². The van der Waals surface area contributed by atoms with Crippen molar-refractivity contribution in [2.24, 2.45) is 5.84 Å². The Morgan fingerprint density at radius 3 is 2.37 bits per heavy atom. The number of nitrogens with zero attached hydrogens (tertiary/aromatic N) is 3. The fraction of sp³-hybridized carbons (Fsp3) is 0.286. The van der Waals surface area contributed by atoms with Crippen molar-refractivity contribution in [2.45, 2.75) is 13.3 Å². The molecule has 0 aliphatic carbocycles. The lowest BCUT2D eigenvalue weighted by Crippen LogP contribution is -2.10. The number of hydrogen-bond donors (Lipinski definition) is 2. The summed E-state index contributed by atoms with van der Waals surface area (Å²) in [5, 5.41) is 0. The van der Waals surface area contributed by atoms with Crippen LogP contribution in [0.4, 0.5) is 11.5 Å². The van der Waals surface area contributed by atoms with Gasteiger partial charge in [0.15, 0.2) is 5.82 Å². The van der Waals surface area contributed by atoms with Gasteiger partial charge in [0, 0.05) is 37.1 Å². The van der Waals surface area contributed by atoms with Gasteiger partial charge >= 0.3 is 0 Å². The number of anilines is 2. The Hall–Kier alpha value is -2.14. The van der Waals surface area contributed by atoms with Crippen molar-refractivity contribution in [3.63, 3.8) is 0 Å². The highest BCUT2D eigenvalue weighted by atomic mass is 15.3. The molecule has 3 N–H and O–H groups in total. The van der Waals surface area contributed by atoms with Crippen LogP contribution >= 0.6 is 0 Å². The minimum absolute atomic E-state index is 0.638. The molecule has 2 aromatic rings. The number of aryl methyl sites for hydroxylation is 1. The number of nitrogen functional groups attached to an aromatic ring is 1. The van der Waals surface area contributed by atoms with Gasteiger partial charge in [0.2, 0.25) is 0 Å². The summed E-state index contributed by atoms with van der Waals surface area (Å²) >= 11 is 0. The second kappa shape index (κ2) is 5.67. The van der Waals surface area contributed by atoms with Crippen molar-refractivity contribution in [3.05, 3.63) is 36.0 Å². The lowest BCUT2D eigenvalue weighted by atomic mass is 10.2. The number of hydrogen-bond acceptors (Lipinski definition) is 5. The number of nitrogens with one attached hydrogen (secondary N) is 1. The Kier molecular flexibility index (Phi) is 3.97. The van der Waals surface area contributed by atoms with Crippen molar-refractivity contribution in [2.75, 3.05) is 24.4 Å². The Morgan fingerprint density at radius 2 is 1.84 bits per heavy atom. The van der Waals surface area contributed by atoms with Crippen LogP contribution in [0.2, 0.25) is 0 Å². The van der Waals surface area contributed by atoms with Crippen LogP contribution in [0.25, 0.3) is 11.4 Å². The molecule has 2 rings (SSSR count). The first-order valence-corrected chi connectivity index (χ1v) is 6.26. The van der Waals surface area contributed by atoms with Crippen molar-refractivity contribution in [1.29, 1.82) is 0 Å². The molecule has 0 atom stereocenters. The second-order valence-corrected chi connectivity index (χ2v) is 4.51. The molecule has 0 saturated carbocycles. The average Bonchev–Trinajstić information content (AvgIpc) is 2.46. The maximum absolute atomic E-state index is 5.44. The smallest absolute Gasteiger partial charge is 0.161 e. The summed E-state index contributed by atoms with van der Waals surface area (Å²) in [6, 6.07) is 9.99. The maximum Gasteiger partial charge on any atom is 0.161 e. The van der Waals surface area contributed by atoms with E-state index in [-0.39, 0.29) is 0 Å². The zero-order chi connectivity index (χ0) is 13.8. The third-order valence-electron chi connectivity index (χ3n) is 2.93. The zero-order valence-corrected chi connectivity index (χ0v) is 11.5. The highest BCUT2D eigenvalue weighted by Gasteiger charge is 2.06. The molecule has 0 radical (unpaired) electrons. The van der Waals surface area contributed by atoms with Crippen molar-refractivity contribution in [3.8, 4) is 11.4 Å². The first-order chi connectivity index (χ1) is 9.13. The van der Waals surface area contributed by atoms with E-state index >= 15 is 0 Å². The number of benzene rings is 1. The molecule has 0 spiro atoms. The molecule has 0 aliphatic heterocycles. The summed E-state index contributed by atoms with van der Waals surface area (Å²) in [4.78, 5) is 11.0. The first kappa shape index (κ1) is 13.3. The summed E-state index contributed by atoms with van der Waals surface area (Å²) in [6.45, 7) is 2.06. The van der Waals surface area contributed by atoms with Gasteiger partial charge in [-0.05, 0) is 30.7 Å². The van der Waals surface area contributed by atoms with Gasteiger partial charge in [-0.25, -0.2) is 15.8 Å². The third-order valence-corrected chi connectivity index (χ3v) is 2.93. The topological polar surface area (TPSA) is 67.1 Å². The summed E-state index contributed by atoms with van der Waals surface area (Å²) in [7, 11) is 4.03. The van der Waals surface area contributed by atoms with E-state index in [1.165, 1.54) is 0 Å². The fourth-order valence-corrected chi connectivity index (χ4v) is 1.79. The van der Waals surface area contributed by atoms with Gasteiger partial charge in [0.1, 0.15) is 5.82 Å². The molecule has 1 aromatic heterocycles. The molecule has 0 amide bonds. The highest BCUT2D eigenvalue weighted by Crippen LogP contribution is 2.21. The molecule has 0 aliphatic rings. The van der Waals surface area contributed by atoms with E-state index in [9.17, 15) is 0 Å². The molecule has 1 aromatic carbocycles. The van der Waals surface area contributed by atoms with Crippen LogP contribution in [0.5, 0.6) is 0 Å². The van der Waals surface area contributed by atoms with Crippen molar-refractivity contribution >= 4 is 11.5 Å². The van der Waals surface area contributed by atoms with Crippen LogP contribution in [0.1, 0.15) is 12.6 Å². The van der Waals surface area contributed by atoms with E-state index in [4.69, 9.17) is 5.84 Å². The van der Waals surface area contributed by atoms with Gasteiger partial charge in [-0.1, -0.05) is 6.92 Å². The van der Waals surface area contributed by atoms with Gasteiger partial charge < -0.3 is 10.3 Å². The molecule has 100 valence electrons. The minimum atomic E-state index is 0.638.